The molecule has 0 aromatic heterocycles. The summed E-state index contributed by atoms with van der Waals surface area (Å²) in [4.78, 5) is 0. The van der Waals surface area contributed by atoms with Crippen LogP contribution in [-0.4, -0.2) is 12.6 Å². The molecule has 1 aromatic carbocycles. The van der Waals surface area contributed by atoms with Gasteiger partial charge in [-0.2, -0.15) is 0 Å². The predicted octanol–water partition coefficient (Wildman–Crippen LogP) is 3.77. The zero-order chi connectivity index (χ0) is 13.0. The van der Waals surface area contributed by atoms with Gasteiger partial charge in [0.2, 0.25) is 0 Å². The van der Waals surface area contributed by atoms with Crippen molar-refractivity contribution in [2.45, 2.75) is 45.6 Å². The van der Waals surface area contributed by atoms with Gasteiger partial charge in [-0.25, -0.2) is 4.39 Å². The maximum atomic E-state index is 13.0. The molecule has 98 valence electrons. The Morgan fingerprint density at radius 1 is 1.44 bits per heavy atom. The smallest absolute Gasteiger partial charge is 0.123 e. The van der Waals surface area contributed by atoms with Crippen molar-refractivity contribution in [3.8, 4) is 0 Å². The van der Waals surface area contributed by atoms with Gasteiger partial charge in [0.1, 0.15) is 5.82 Å². The number of aryl methyl sites for hydroxylation is 1. The molecule has 0 bridgehead atoms. The van der Waals surface area contributed by atoms with Crippen LogP contribution in [0.15, 0.2) is 29.8 Å². The van der Waals surface area contributed by atoms with E-state index in [1.54, 1.807) is 12.1 Å². The van der Waals surface area contributed by atoms with E-state index in [1.165, 1.54) is 24.0 Å². The Bertz CT molecular complexity index is 433. The van der Waals surface area contributed by atoms with Crippen LogP contribution < -0.4 is 5.32 Å². The Balaban J connectivity index is 1.80. The van der Waals surface area contributed by atoms with Gasteiger partial charge in [-0.05, 0) is 69.3 Å². The molecule has 1 fully saturated rings. The Labute approximate surface area is 109 Å². The van der Waals surface area contributed by atoms with E-state index in [2.05, 4.69) is 18.3 Å². The van der Waals surface area contributed by atoms with Crippen molar-refractivity contribution in [3.05, 3.63) is 46.8 Å². The van der Waals surface area contributed by atoms with Crippen molar-refractivity contribution >= 4 is 0 Å². The van der Waals surface area contributed by atoms with Crippen LogP contribution >= 0.6 is 0 Å². The molecule has 0 spiro atoms. The van der Waals surface area contributed by atoms with E-state index in [0.717, 1.165) is 31.0 Å². The van der Waals surface area contributed by atoms with Crippen LogP contribution in [-0.2, 0) is 6.42 Å². The first kappa shape index (κ1) is 13.3. The minimum Gasteiger partial charge on any atom is -0.314 e. The lowest BCUT2D eigenvalue weighted by molar-refractivity contribution is 0.625. The van der Waals surface area contributed by atoms with Crippen molar-refractivity contribution in [3.63, 3.8) is 0 Å². The molecule has 0 heterocycles. The second kappa shape index (κ2) is 6.14. The lowest BCUT2D eigenvalue weighted by Crippen LogP contribution is -2.16. The molecular weight excluding hydrogens is 225 g/mol. The number of nitrogens with one attached hydrogen (secondary N) is 1. The number of halogens is 1. The highest BCUT2D eigenvalue weighted by Gasteiger charge is 2.19. The summed E-state index contributed by atoms with van der Waals surface area (Å²) in [6.45, 7) is 5.20. The third-order valence-electron chi connectivity index (χ3n) is 3.42. The second-order valence-electron chi connectivity index (χ2n) is 5.32. The molecule has 1 aliphatic carbocycles. The summed E-state index contributed by atoms with van der Waals surface area (Å²) in [5.41, 5.74) is 3.63. The number of benzene rings is 1. The number of allylic oxidation sites excluding steroid dienone is 1. The van der Waals surface area contributed by atoms with E-state index in [1.807, 2.05) is 13.0 Å². The van der Waals surface area contributed by atoms with Crippen LogP contribution in [0.2, 0.25) is 0 Å². The molecule has 2 rings (SSSR count). The lowest BCUT2D eigenvalue weighted by Gasteiger charge is -2.07. The Morgan fingerprint density at radius 2 is 2.22 bits per heavy atom. The molecule has 0 unspecified atom stereocenters. The highest BCUT2D eigenvalue weighted by atomic mass is 19.1. The summed E-state index contributed by atoms with van der Waals surface area (Å²) in [6, 6.07) is 5.84. The van der Waals surface area contributed by atoms with Gasteiger partial charge >= 0.3 is 0 Å². The highest BCUT2D eigenvalue weighted by molar-refractivity contribution is 5.30. The van der Waals surface area contributed by atoms with Gasteiger partial charge in [-0.1, -0.05) is 17.7 Å². The van der Waals surface area contributed by atoms with Crippen LogP contribution in [0.4, 0.5) is 4.39 Å². The van der Waals surface area contributed by atoms with Crippen molar-refractivity contribution in [1.82, 2.24) is 5.32 Å². The Morgan fingerprint density at radius 3 is 2.89 bits per heavy atom. The van der Waals surface area contributed by atoms with Gasteiger partial charge in [-0.15, -0.1) is 0 Å². The lowest BCUT2D eigenvalue weighted by atomic mass is 10.0. The average Bonchev–Trinajstić information content (AvgIpc) is 3.12. The molecule has 0 atom stereocenters. The van der Waals surface area contributed by atoms with E-state index in [9.17, 15) is 4.39 Å². The number of hydrogen-bond donors (Lipinski definition) is 1. The van der Waals surface area contributed by atoms with E-state index >= 15 is 0 Å². The van der Waals surface area contributed by atoms with Crippen molar-refractivity contribution in [2.24, 2.45) is 0 Å². The average molecular weight is 247 g/mol. The molecule has 0 aliphatic heterocycles. The molecule has 0 radical (unpaired) electrons. The molecule has 1 nitrogen and oxygen atoms in total. The number of rotatable bonds is 6. The number of hydrogen-bond acceptors (Lipinski definition) is 1. The first-order valence-electron chi connectivity index (χ1n) is 6.79. The van der Waals surface area contributed by atoms with Crippen molar-refractivity contribution in [1.29, 1.82) is 0 Å². The van der Waals surface area contributed by atoms with E-state index in [4.69, 9.17) is 0 Å². The fourth-order valence-electron chi connectivity index (χ4n) is 2.12. The summed E-state index contributed by atoms with van der Waals surface area (Å²) >= 11 is 0. The maximum Gasteiger partial charge on any atom is 0.123 e. The monoisotopic (exact) mass is 247 g/mol. The van der Waals surface area contributed by atoms with Gasteiger partial charge in [0.15, 0.2) is 0 Å². The summed E-state index contributed by atoms with van der Waals surface area (Å²) in [7, 11) is 0. The zero-order valence-electron chi connectivity index (χ0n) is 11.3. The first-order chi connectivity index (χ1) is 8.65. The maximum absolute atomic E-state index is 13.0. The van der Waals surface area contributed by atoms with Crippen LogP contribution in [0.3, 0.4) is 0 Å². The second-order valence-corrected chi connectivity index (χ2v) is 5.32. The first-order valence-corrected chi connectivity index (χ1v) is 6.79. The van der Waals surface area contributed by atoms with E-state index in [-0.39, 0.29) is 5.82 Å². The van der Waals surface area contributed by atoms with Gasteiger partial charge in [0.25, 0.3) is 0 Å². The predicted molar refractivity (Wildman–Crippen MR) is 74.2 cm³/mol. The van der Waals surface area contributed by atoms with Gasteiger partial charge in [0.05, 0.1) is 0 Å². The molecule has 18 heavy (non-hydrogen) atoms. The molecule has 1 saturated carbocycles. The fraction of sp³-hybridized carbons (Fsp3) is 0.500. The van der Waals surface area contributed by atoms with Crippen LogP contribution in [0, 0.1) is 12.7 Å². The standard InChI is InChI=1S/C16H22FN/c1-12(4-3-9-18-16-7-8-16)10-14-5-6-15(17)11-13(14)2/h4-6,11,16,18H,3,7-10H2,1-2H3/b12-4-. The SMILES string of the molecule is C/C(=C/CCNC1CC1)Cc1ccc(F)cc1C. The summed E-state index contributed by atoms with van der Waals surface area (Å²) < 4.78 is 13.0. The van der Waals surface area contributed by atoms with Gasteiger partial charge in [-0.3, -0.25) is 0 Å². The van der Waals surface area contributed by atoms with Crippen molar-refractivity contribution < 1.29 is 4.39 Å². The van der Waals surface area contributed by atoms with Gasteiger partial charge in [0, 0.05) is 6.04 Å². The third-order valence-corrected chi connectivity index (χ3v) is 3.42. The fourth-order valence-corrected chi connectivity index (χ4v) is 2.12. The van der Waals surface area contributed by atoms with Crippen LogP contribution in [0.25, 0.3) is 0 Å². The highest BCUT2D eigenvalue weighted by Crippen LogP contribution is 2.18. The molecule has 1 N–H and O–H groups in total. The topological polar surface area (TPSA) is 12.0 Å². The summed E-state index contributed by atoms with van der Waals surface area (Å²) in [6.07, 6.45) is 6.99. The quantitative estimate of drug-likeness (QED) is 0.596. The van der Waals surface area contributed by atoms with Crippen LogP contribution in [0.1, 0.15) is 37.3 Å². The molecule has 1 aromatic rings. The van der Waals surface area contributed by atoms with Gasteiger partial charge < -0.3 is 5.32 Å². The molecule has 1 aliphatic rings. The van der Waals surface area contributed by atoms with Crippen LogP contribution in [0.5, 0.6) is 0 Å². The normalized spacial score (nSPS) is 16.1. The zero-order valence-corrected chi connectivity index (χ0v) is 11.3. The Hall–Kier alpha value is -1.15. The Kier molecular flexibility index (Phi) is 4.54. The van der Waals surface area contributed by atoms with E-state index < -0.39 is 0 Å². The molecule has 0 saturated heterocycles. The largest absolute Gasteiger partial charge is 0.314 e. The van der Waals surface area contributed by atoms with E-state index in [0.29, 0.717) is 0 Å². The van der Waals surface area contributed by atoms with Crippen molar-refractivity contribution in [2.75, 3.05) is 6.54 Å². The molecule has 0 amide bonds. The minimum absolute atomic E-state index is 0.147. The molecule has 2 heteroatoms. The summed E-state index contributed by atoms with van der Waals surface area (Å²) in [5, 5.41) is 3.50. The summed E-state index contributed by atoms with van der Waals surface area (Å²) in [5.74, 6) is -0.147. The third kappa shape index (κ3) is 4.26. The molecular formula is C16H22FN. The minimum atomic E-state index is -0.147.